The molecule has 164 valence electrons. The van der Waals surface area contributed by atoms with Gasteiger partial charge in [0.25, 0.3) is 0 Å². The molecule has 1 aromatic carbocycles. The second-order valence-corrected chi connectivity index (χ2v) is 9.13. The van der Waals surface area contributed by atoms with Crippen LogP contribution in [0.2, 0.25) is 0 Å². The SMILES string of the molecule is CCOC(=O)c1c(N/C=C(/C#N)c2nc(-c3ccc(Br)cc3)cs2)sc(C(=O)OC)c1C. The normalized spacial score (nSPS) is 11.0. The fraction of sp³-hybridized carbons (Fsp3) is 0.182. The van der Waals surface area contributed by atoms with Gasteiger partial charge in [-0.15, -0.1) is 22.7 Å². The van der Waals surface area contributed by atoms with Crippen molar-refractivity contribution in [2.45, 2.75) is 13.8 Å². The third kappa shape index (κ3) is 5.07. The van der Waals surface area contributed by atoms with Crippen molar-refractivity contribution in [3.63, 3.8) is 0 Å². The first-order valence-corrected chi connectivity index (χ1v) is 11.9. The summed E-state index contributed by atoms with van der Waals surface area (Å²) in [7, 11) is 1.28. The molecule has 3 rings (SSSR count). The van der Waals surface area contributed by atoms with Crippen LogP contribution in [0.3, 0.4) is 0 Å². The summed E-state index contributed by atoms with van der Waals surface area (Å²) in [6.45, 7) is 3.55. The van der Waals surface area contributed by atoms with E-state index in [1.165, 1.54) is 24.6 Å². The first-order valence-electron chi connectivity index (χ1n) is 9.37. The van der Waals surface area contributed by atoms with Crippen molar-refractivity contribution in [1.29, 1.82) is 5.26 Å². The first-order chi connectivity index (χ1) is 15.4. The summed E-state index contributed by atoms with van der Waals surface area (Å²) in [5.74, 6) is -1.10. The highest BCUT2D eigenvalue weighted by atomic mass is 79.9. The molecule has 32 heavy (non-hydrogen) atoms. The van der Waals surface area contributed by atoms with Gasteiger partial charge in [0.05, 0.1) is 25.0 Å². The van der Waals surface area contributed by atoms with Crippen molar-refractivity contribution in [2.75, 3.05) is 19.0 Å². The number of hydrogen-bond donors (Lipinski definition) is 1. The van der Waals surface area contributed by atoms with Crippen molar-refractivity contribution >= 4 is 61.1 Å². The third-order valence-electron chi connectivity index (χ3n) is 4.34. The molecule has 0 bridgehead atoms. The largest absolute Gasteiger partial charge is 0.465 e. The standard InChI is InChI=1S/C22H18BrN3O4S2/c1-4-30-21(27)17-12(2)18(22(28)29-3)32-20(17)25-10-14(9-24)19-26-16(11-31-19)13-5-7-15(23)8-6-13/h5-8,10-11,25H,4H2,1-3H3/b14-10-. The van der Waals surface area contributed by atoms with Crippen LogP contribution in [0, 0.1) is 18.3 Å². The second kappa shape index (κ2) is 10.5. The molecule has 0 aliphatic heterocycles. The number of nitriles is 1. The Kier molecular flexibility index (Phi) is 7.80. The number of esters is 2. The third-order valence-corrected chi connectivity index (χ3v) is 6.95. The summed E-state index contributed by atoms with van der Waals surface area (Å²) < 4.78 is 10.9. The molecule has 0 radical (unpaired) electrons. The number of carbonyl (C=O) groups is 2. The molecular weight excluding hydrogens is 514 g/mol. The van der Waals surface area contributed by atoms with Crippen LogP contribution in [0.5, 0.6) is 0 Å². The fourth-order valence-electron chi connectivity index (χ4n) is 2.78. The summed E-state index contributed by atoms with van der Waals surface area (Å²) in [6, 6.07) is 9.84. The quantitative estimate of drug-likeness (QED) is 0.299. The molecule has 0 saturated heterocycles. The number of rotatable bonds is 7. The Morgan fingerprint density at radius 2 is 2.00 bits per heavy atom. The van der Waals surface area contributed by atoms with Gasteiger partial charge in [-0.3, -0.25) is 0 Å². The molecule has 0 fully saturated rings. The molecule has 0 atom stereocenters. The van der Waals surface area contributed by atoms with Gasteiger partial charge in [-0.2, -0.15) is 5.26 Å². The highest BCUT2D eigenvalue weighted by Gasteiger charge is 2.26. The van der Waals surface area contributed by atoms with E-state index in [4.69, 9.17) is 9.47 Å². The van der Waals surface area contributed by atoms with Gasteiger partial charge in [0.1, 0.15) is 26.5 Å². The highest BCUT2D eigenvalue weighted by molar-refractivity contribution is 9.10. The average molecular weight is 532 g/mol. The Morgan fingerprint density at radius 3 is 2.62 bits per heavy atom. The fourth-order valence-corrected chi connectivity index (χ4v) is 4.92. The van der Waals surface area contributed by atoms with Gasteiger partial charge in [0.2, 0.25) is 0 Å². The molecule has 0 aliphatic carbocycles. The zero-order chi connectivity index (χ0) is 23.3. The van der Waals surface area contributed by atoms with E-state index in [0.717, 1.165) is 27.1 Å². The van der Waals surface area contributed by atoms with Gasteiger partial charge in [0, 0.05) is 21.6 Å². The molecule has 0 unspecified atom stereocenters. The average Bonchev–Trinajstić information content (AvgIpc) is 3.39. The van der Waals surface area contributed by atoms with E-state index in [1.54, 1.807) is 13.8 Å². The van der Waals surface area contributed by atoms with Gasteiger partial charge in [-0.05, 0) is 31.5 Å². The number of thiophene rings is 1. The Bertz CT molecular complexity index is 1220. The van der Waals surface area contributed by atoms with Gasteiger partial charge in [0.15, 0.2) is 0 Å². The summed E-state index contributed by atoms with van der Waals surface area (Å²) in [5.41, 5.74) is 2.67. The van der Waals surface area contributed by atoms with Gasteiger partial charge in [-0.25, -0.2) is 14.6 Å². The lowest BCUT2D eigenvalue weighted by molar-refractivity contribution is 0.0527. The van der Waals surface area contributed by atoms with Crippen LogP contribution in [0.15, 0.2) is 40.3 Å². The van der Waals surface area contributed by atoms with Crippen LogP contribution in [-0.2, 0) is 9.47 Å². The number of allylic oxidation sites excluding steroid dienone is 1. The molecule has 0 spiro atoms. The van der Waals surface area contributed by atoms with E-state index >= 15 is 0 Å². The summed E-state index contributed by atoms with van der Waals surface area (Å²) in [4.78, 5) is 29.4. The number of ether oxygens (including phenoxy) is 2. The maximum absolute atomic E-state index is 12.5. The first kappa shape index (κ1) is 23.7. The van der Waals surface area contributed by atoms with Crippen LogP contribution < -0.4 is 5.32 Å². The highest BCUT2D eigenvalue weighted by Crippen LogP contribution is 2.35. The lowest BCUT2D eigenvalue weighted by Gasteiger charge is -2.05. The number of anilines is 1. The van der Waals surface area contributed by atoms with E-state index in [-0.39, 0.29) is 17.0 Å². The molecule has 0 aliphatic rings. The number of thiazole rings is 1. The number of hydrogen-bond acceptors (Lipinski definition) is 9. The molecule has 1 N–H and O–H groups in total. The minimum absolute atomic E-state index is 0.193. The van der Waals surface area contributed by atoms with E-state index < -0.39 is 11.9 Å². The minimum Gasteiger partial charge on any atom is -0.465 e. The lowest BCUT2D eigenvalue weighted by atomic mass is 10.1. The molecule has 0 amide bonds. The summed E-state index contributed by atoms with van der Waals surface area (Å²) in [6.07, 6.45) is 1.47. The number of carbonyl (C=O) groups excluding carboxylic acids is 2. The Labute approximate surface area is 201 Å². The number of methoxy groups -OCH3 is 1. The zero-order valence-corrected chi connectivity index (χ0v) is 20.6. The summed E-state index contributed by atoms with van der Waals surface area (Å²) in [5, 5.41) is 15.4. The lowest BCUT2D eigenvalue weighted by Crippen LogP contribution is -2.08. The van der Waals surface area contributed by atoms with Gasteiger partial charge in [-0.1, -0.05) is 28.1 Å². The summed E-state index contributed by atoms with van der Waals surface area (Å²) >= 11 is 5.81. The van der Waals surface area contributed by atoms with Crippen LogP contribution in [0.1, 0.15) is 37.5 Å². The minimum atomic E-state index is -0.558. The van der Waals surface area contributed by atoms with Crippen molar-refractivity contribution in [1.82, 2.24) is 4.98 Å². The monoisotopic (exact) mass is 531 g/mol. The topological polar surface area (TPSA) is 101 Å². The van der Waals surface area contributed by atoms with Crippen molar-refractivity contribution in [2.24, 2.45) is 0 Å². The Balaban J connectivity index is 1.93. The predicted octanol–water partition coefficient (Wildman–Crippen LogP) is 5.88. The van der Waals surface area contributed by atoms with E-state index in [2.05, 4.69) is 32.3 Å². The molecule has 2 aromatic heterocycles. The van der Waals surface area contributed by atoms with Crippen LogP contribution in [-0.4, -0.2) is 30.6 Å². The van der Waals surface area contributed by atoms with Gasteiger partial charge < -0.3 is 14.8 Å². The van der Waals surface area contributed by atoms with Crippen LogP contribution >= 0.6 is 38.6 Å². The molecule has 10 heteroatoms. The van der Waals surface area contributed by atoms with Crippen molar-refractivity contribution < 1.29 is 19.1 Å². The Morgan fingerprint density at radius 1 is 1.28 bits per heavy atom. The maximum Gasteiger partial charge on any atom is 0.348 e. The van der Waals surface area contributed by atoms with Crippen molar-refractivity contribution in [3.05, 3.63) is 61.3 Å². The van der Waals surface area contributed by atoms with Crippen LogP contribution in [0.4, 0.5) is 5.00 Å². The molecule has 2 heterocycles. The number of benzene rings is 1. The van der Waals surface area contributed by atoms with Crippen LogP contribution in [0.25, 0.3) is 16.8 Å². The number of aromatic nitrogens is 1. The predicted molar refractivity (Wildman–Crippen MR) is 129 cm³/mol. The van der Waals surface area contributed by atoms with Gasteiger partial charge >= 0.3 is 11.9 Å². The molecule has 7 nitrogen and oxygen atoms in total. The second-order valence-electron chi connectivity index (χ2n) is 6.33. The number of nitrogens with zero attached hydrogens (tertiary/aromatic N) is 2. The van der Waals surface area contributed by atoms with E-state index in [0.29, 0.717) is 21.1 Å². The number of halogens is 1. The smallest absolute Gasteiger partial charge is 0.348 e. The zero-order valence-electron chi connectivity index (χ0n) is 17.4. The maximum atomic E-state index is 12.5. The number of nitrogens with one attached hydrogen (secondary N) is 1. The molecule has 3 aromatic rings. The molecular formula is C22H18BrN3O4S2. The van der Waals surface area contributed by atoms with E-state index in [9.17, 15) is 14.9 Å². The molecule has 0 saturated carbocycles. The Hall–Kier alpha value is -3.00. The van der Waals surface area contributed by atoms with Crippen molar-refractivity contribution in [3.8, 4) is 17.3 Å². The van der Waals surface area contributed by atoms with E-state index in [1.807, 2.05) is 29.6 Å².